The number of hydrogen-bond acceptors (Lipinski definition) is 3. The fourth-order valence-electron chi connectivity index (χ4n) is 1.61. The summed E-state index contributed by atoms with van der Waals surface area (Å²) < 4.78 is 4.93. The summed E-state index contributed by atoms with van der Waals surface area (Å²) in [6.45, 7) is 2.19. The summed E-state index contributed by atoms with van der Waals surface area (Å²) in [5, 5.41) is 0. The Morgan fingerprint density at radius 1 is 1.05 bits per heavy atom. The first-order valence-corrected chi connectivity index (χ1v) is 6.15. The second-order valence-corrected chi connectivity index (χ2v) is 3.96. The molecular weight excluding hydrogens is 238 g/mol. The minimum Gasteiger partial charge on any atom is -0.462 e. The number of carbonyl (C=O) groups is 1. The summed E-state index contributed by atoms with van der Waals surface area (Å²) in [5.74, 6) is -0.285. The van der Waals surface area contributed by atoms with Gasteiger partial charge in [-0.3, -0.25) is 4.98 Å². The predicted octanol–water partition coefficient (Wildman–Crippen LogP) is 3.43. The first-order chi connectivity index (χ1) is 9.29. The maximum atomic E-state index is 11.5. The minimum atomic E-state index is -0.285. The number of hydrogen-bond donors (Lipinski definition) is 0. The third-order valence-electron chi connectivity index (χ3n) is 2.60. The van der Waals surface area contributed by atoms with Crippen LogP contribution in [0.1, 0.15) is 28.4 Å². The van der Waals surface area contributed by atoms with Crippen molar-refractivity contribution < 1.29 is 9.53 Å². The van der Waals surface area contributed by atoms with Gasteiger partial charge in [0.2, 0.25) is 0 Å². The van der Waals surface area contributed by atoms with Crippen molar-refractivity contribution in [1.29, 1.82) is 0 Å². The largest absolute Gasteiger partial charge is 0.462 e. The van der Waals surface area contributed by atoms with Gasteiger partial charge in [0.25, 0.3) is 0 Å². The fraction of sp³-hybridized carbons (Fsp3) is 0.125. The van der Waals surface area contributed by atoms with Gasteiger partial charge in [0.15, 0.2) is 0 Å². The monoisotopic (exact) mass is 253 g/mol. The molecule has 1 aromatic heterocycles. The predicted molar refractivity (Wildman–Crippen MR) is 75.6 cm³/mol. The third-order valence-corrected chi connectivity index (χ3v) is 2.60. The highest BCUT2D eigenvalue weighted by atomic mass is 16.5. The Hall–Kier alpha value is -2.42. The fourth-order valence-corrected chi connectivity index (χ4v) is 1.61. The summed E-state index contributed by atoms with van der Waals surface area (Å²) in [6, 6.07) is 11.2. The molecule has 3 nitrogen and oxygen atoms in total. The van der Waals surface area contributed by atoms with Gasteiger partial charge in [-0.2, -0.15) is 0 Å². The summed E-state index contributed by atoms with van der Waals surface area (Å²) in [5.41, 5.74) is 2.69. The van der Waals surface area contributed by atoms with Gasteiger partial charge in [-0.1, -0.05) is 24.3 Å². The molecule has 0 saturated heterocycles. The van der Waals surface area contributed by atoms with E-state index in [4.69, 9.17) is 4.74 Å². The molecule has 0 fully saturated rings. The van der Waals surface area contributed by atoms with E-state index >= 15 is 0 Å². The smallest absolute Gasteiger partial charge is 0.338 e. The number of carbonyl (C=O) groups excluding carboxylic acids is 1. The van der Waals surface area contributed by atoms with Crippen molar-refractivity contribution in [2.24, 2.45) is 0 Å². The van der Waals surface area contributed by atoms with Gasteiger partial charge in [0, 0.05) is 12.4 Å². The Bertz CT molecular complexity index is 559. The standard InChI is InChI=1S/C16H15NO2/c1-2-19-16(18)15-7-5-13(6-8-15)3-4-14-9-11-17-12-10-14/h3-12H,2H2,1H3. The SMILES string of the molecule is CCOC(=O)c1ccc(C=Cc2ccncc2)cc1. The van der Waals surface area contributed by atoms with E-state index in [2.05, 4.69) is 4.98 Å². The number of aromatic nitrogens is 1. The van der Waals surface area contributed by atoms with Crippen molar-refractivity contribution in [1.82, 2.24) is 4.98 Å². The first kappa shape index (κ1) is 13.0. The molecule has 0 bridgehead atoms. The van der Waals surface area contributed by atoms with Crippen LogP contribution >= 0.6 is 0 Å². The number of nitrogens with zero attached hydrogens (tertiary/aromatic N) is 1. The number of benzene rings is 1. The van der Waals surface area contributed by atoms with Crippen molar-refractivity contribution >= 4 is 18.1 Å². The Balaban J connectivity index is 2.07. The van der Waals surface area contributed by atoms with Gasteiger partial charge >= 0.3 is 5.97 Å². The molecule has 19 heavy (non-hydrogen) atoms. The van der Waals surface area contributed by atoms with Gasteiger partial charge in [-0.05, 0) is 42.3 Å². The average Bonchev–Trinajstić information content (AvgIpc) is 2.47. The van der Waals surface area contributed by atoms with Crippen LogP contribution in [0.5, 0.6) is 0 Å². The molecular formula is C16H15NO2. The van der Waals surface area contributed by atoms with Crippen molar-refractivity contribution in [2.45, 2.75) is 6.92 Å². The normalized spacial score (nSPS) is 10.6. The van der Waals surface area contributed by atoms with Gasteiger partial charge in [0.05, 0.1) is 12.2 Å². The molecule has 0 aliphatic rings. The topological polar surface area (TPSA) is 39.2 Å². The van der Waals surface area contributed by atoms with E-state index in [-0.39, 0.29) is 5.97 Å². The molecule has 0 saturated carbocycles. The molecule has 0 spiro atoms. The lowest BCUT2D eigenvalue weighted by Crippen LogP contribution is -2.03. The zero-order valence-corrected chi connectivity index (χ0v) is 10.7. The highest BCUT2D eigenvalue weighted by Gasteiger charge is 2.04. The summed E-state index contributed by atoms with van der Waals surface area (Å²) >= 11 is 0. The van der Waals surface area contributed by atoms with Crippen molar-refractivity contribution in [2.75, 3.05) is 6.61 Å². The van der Waals surface area contributed by atoms with E-state index in [0.29, 0.717) is 12.2 Å². The van der Waals surface area contributed by atoms with E-state index < -0.39 is 0 Å². The van der Waals surface area contributed by atoms with Crippen LogP contribution in [0.4, 0.5) is 0 Å². The van der Waals surface area contributed by atoms with Crippen molar-refractivity contribution in [3.05, 3.63) is 65.5 Å². The van der Waals surface area contributed by atoms with E-state index in [1.807, 2.05) is 36.4 Å². The lowest BCUT2D eigenvalue weighted by Gasteiger charge is -2.01. The molecule has 2 aromatic rings. The van der Waals surface area contributed by atoms with Gasteiger partial charge < -0.3 is 4.74 Å². The third kappa shape index (κ3) is 3.78. The highest BCUT2D eigenvalue weighted by Crippen LogP contribution is 2.10. The molecule has 0 aliphatic carbocycles. The molecule has 0 atom stereocenters. The second kappa shape index (κ2) is 6.50. The average molecular weight is 253 g/mol. The number of pyridine rings is 1. The van der Waals surface area contributed by atoms with E-state index in [1.165, 1.54) is 0 Å². The van der Waals surface area contributed by atoms with E-state index in [9.17, 15) is 4.79 Å². The zero-order valence-electron chi connectivity index (χ0n) is 10.7. The molecule has 0 amide bonds. The van der Waals surface area contributed by atoms with Crippen LogP contribution in [0.2, 0.25) is 0 Å². The van der Waals surface area contributed by atoms with Crippen molar-refractivity contribution in [3.8, 4) is 0 Å². The van der Waals surface area contributed by atoms with Gasteiger partial charge in [-0.25, -0.2) is 4.79 Å². The molecule has 96 valence electrons. The molecule has 3 heteroatoms. The Morgan fingerprint density at radius 3 is 2.21 bits per heavy atom. The van der Waals surface area contributed by atoms with Crippen LogP contribution in [0.25, 0.3) is 12.2 Å². The van der Waals surface area contributed by atoms with Crippen molar-refractivity contribution in [3.63, 3.8) is 0 Å². The maximum absolute atomic E-state index is 11.5. The van der Waals surface area contributed by atoms with Crippen LogP contribution < -0.4 is 0 Å². The molecule has 0 N–H and O–H groups in total. The Kier molecular flexibility index (Phi) is 4.45. The molecule has 1 aromatic carbocycles. The van der Waals surface area contributed by atoms with Gasteiger partial charge in [-0.15, -0.1) is 0 Å². The molecule has 0 radical (unpaired) electrons. The van der Waals surface area contributed by atoms with E-state index in [1.54, 1.807) is 31.5 Å². The molecule has 1 heterocycles. The number of esters is 1. The maximum Gasteiger partial charge on any atom is 0.338 e. The Labute approximate surface area is 112 Å². The van der Waals surface area contributed by atoms with Crippen LogP contribution in [-0.4, -0.2) is 17.6 Å². The zero-order chi connectivity index (χ0) is 13.5. The van der Waals surface area contributed by atoms with Crippen LogP contribution in [0, 0.1) is 0 Å². The molecule has 2 rings (SSSR count). The van der Waals surface area contributed by atoms with E-state index in [0.717, 1.165) is 11.1 Å². The van der Waals surface area contributed by atoms with Crippen LogP contribution in [0.3, 0.4) is 0 Å². The lowest BCUT2D eigenvalue weighted by atomic mass is 10.1. The minimum absolute atomic E-state index is 0.285. The number of rotatable bonds is 4. The van der Waals surface area contributed by atoms with Crippen LogP contribution in [-0.2, 0) is 4.74 Å². The quantitative estimate of drug-likeness (QED) is 0.784. The summed E-state index contributed by atoms with van der Waals surface area (Å²) in [7, 11) is 0. The van der Waals surface area contributed by atoms with Gasteiger partial charge in [0.1, 0.15) is 0 Å². The molecule has 0 unspecified atom stereocenters. The molecule has 0 aliphatic heterocycles. The number of ether oxygens (including phenoxy) is 1. The van der Waals surface area contributed by atoms with Crippen LogP contribution in [0.15, 0.2) is 48.8 Å². The summed E-state index contributed by atoms with van der Waals surface area (Å²) in [6.07, 6.45) is 7.50. The first-order valence-electron chi connectivity index (χ1n) is 6.15. The lowest BCUT2D eigenvalue weighted by molar-refractivity contribution is 0.0526. The highest BCUT2D eigenvalue weighted by molar-refractivity contribution is 5.89. The second-order valence-electron chi connectivity index (χ2n) is 3.96. The Morgan fingerprint density at radius 2 is 1.63 bits per heavy atom. The summed E-state index contributed by atoms with van der Waals surface area (Å²) in [4.78, 5) is 15.5.